The lowest BCUT2D eigenvalue weighted by Gasteiger charge is -2.05. The molecule has 1 aliphatic rings. The Morgan fingerprint density at radius 3 is 2.57 bits per heavy atom. The van der Waals surface area contributed by atoms with Crippen molar-refractivity contribution in [3.63, 3.8) is 0 Å². The van der Waals surface area contributed by atoms with Crippen molar-refractivity contribution >= 4 is 11.6 Å². The van der Waals surface area contributed by atoms with Gasteiger partial charge in [0, 0.05) is 5.57 Å². The van der Waals surface area contributed by atoms with Crippen LogP contribution in [0, 0.1) is 0 Å². The zero-order valence-electron chi connectivity index (χ0n) is 8.58. The lowest BCUT2D eigenvalue weighted by Crippen LogP contribution is -2.07. The molecule has 1 aliphatic carbocycles. The van der Waals surface area contributed by atoms with Crippen molar-refractivity contribution in [2.24, 2.45) is 0 Å². The smallest absolute Gasteiger partial charge is 0.182 e. The van der Waals surface area contributed by atoms with Crippen LogP contribution in [0.15, 0.2) is 23.8 Å². The monoisotopic (exact) mass is 192 g/mol. The Morgan fingerprint density at radius 1 is 1.07 bits per heavy atom. The predicted octanol–water partition coefficient (Wildman–Crippen LogP) is 2.59. The fourth-order valence-electron chi connectivity index (χ4n) is 1.49. The molecule has 14 heavy (non-hydrogen) atoms. The second-order valence-corrected chi connectivity index (χ2v) is 3.58. The molecule has 76 valence electrons. The van der Waals surface area contributed by atoms with E-state index in [4.69, 9.17) is 0 Å². The van der Waals surface area contributed by atoms with Crippen LogP contribution in [0.4, 0.5) is 0 Å². The number of rotatable bonds is 5. The molecule has 0 aliphatic heterocycles. The normalized spacial score (nSPS) is 15.9. The summed E-state index contributed by atoms with van der Waals surface area (Å²) in [5.41, 5.74) is 0.675. The zero-order chi connectivity index (χ0) is 10.4. The molecule has 2 nitrogen and oxygen atoms in total. The first-order chi connectivity index (χ1) is 6.74. The molecule has 0 amide bonds. The molecule has 0 aromatic rings. The van der Waals surface area contributed by atoms with E-state index in [2.05, 4.69) is 6.92 Å². The van der Waals surface area contributed by atoms with Gasteiger partial charge in [-0.3, -0.25) is 9.59 Å². The summed E-state index contributed by atoms with van der Waals surface area (Å²) in [6, 6.07) is 0. The highest BCUT2D eigenvalue weighted by atomic mass is 16.1. The van der Waals surface area contributed by atoms with Crippen molar-refractivity contribution < 1.29 is 9.59 Å². The summed E-state index contributed by atoms with van der Waals surface area (Å²) in [5.74, 6) is -0.0591. The van der Waals surface area contributed by atoms with Gasteiger partial charge in [0.05, 0.1) is 0 Å². The largest absolute Gasteiger partial charge is 0.290 e. The van der Waals surface area contributed by atoms with E-state index < -0.39 is 0 Å². The van der Waals surface area contributed by atoms with Gasteiger partial charge in [0.2, 0.25) is 0 Å². The van der Waals surface area contributed by atoms with Gasteiger partial charge in [-0.25, -0.2) is 0 Å². The highest BCUT2D eigenvalue weighted by Crippen LogP contribution is 2.14. The highest BCUT2D eigenvalue weighted by molar-refractivity contribution is 6.17. The summed E-state index contributed by atoms with van der Waals surface area (Å²) in [4.78, 5) is 22.3. The lowest BCUT2D eigenvalue weighted by atomic mass is 9.98. The first-order valence-electron chi connectivity index (χ1n) is 5.21. The van der Waals surface area contributed by atoms with E-state index in [1.54, 1.807) is 0 Å². The number of unbranched alkanes of at least 4 members (excludes halogenated alkanes) is 3. The Labute approximate surface area is 84.7 Å². The SMILES string of the molecule is CCCCCCC1=CC(=O)C=CC1=O. The van der Waals surface area contributed by atoms with Gasteiger partial charge < -0.3 is 0 Å². The van der Waals surface area contributed by atoms with Crippen molar-refractivity contribution in [1.29, 1.82) is 0 Å². The Kier molecular flexibility index (Phi) is 4.30. The van der Waals surface area contributed by atoms with E-state index in [9.17, 15) is 9.59 Å². The van der Waals surface area contributed by atoms with Crippen molar-refractivity contribution in [2.75, 3.05) is 0 Å². The summed E-state index contributed by atoms with van der Waals surface area (Å²) in [5, 5.41) is 0. The maximum Gasteiger partial charge on any atom is 0.182 e. The van der Waals surface area contributed by atoms with Crippen LogP contribution in [0.1, 0.15) is 39.0 Å². The second kappa shape index (κ2) is 5.53. The summed E-state index contributed by atoms with van der Waals surface area (Å²) >= 11 is 0. The third kappa shape index (κ3) is 3.29. The van der Waals surface area contributed by atoms with Crippen LogP contribution in [-0.2, 0) is 9.59 Å². The molecular formula is C12H16O2. The quantitative estimate of drug-likeness (QED) is 0.495. The van der Waals surface area contributed by atoms with Crippen LogP contribution in [0.25, 0.3) is 0 Å². The molecule has 0 saturated carbocycles. The van der Waals surface area contributed by atoms with Crippen LogP contribution < -0.4 is 0 Å². The van der Waals surface area contributed by atoms with Crippen molar-refractivity contribution in [3.8, 4) is 0 Å². The number of ketones is 2. The zero-order valence-corrected chi connectivity index (χ0v) is 8.58. The molecule has 0 atom stereocenters. The number of carbonyl (C=O) groups is 2. The van der Waals surface area contributed by atoms with Crippen LogP contribution in [0.5, 0.6) is 0 Å². The Bertz CT molecular complexity index is 285. The van der Waals surface area contributed by atoms with Crippen molar-refractivity contribution in [3.05, 3.63) is 23.8 Å². The Morgan fingerprint density at radius 2 is 1.86 bits per heavy atom. The van der Waals surface area contributed by atoms with Gasteiger partial charge >= 0.3 is 0 Å². The molecule has 0 saturated heterocycles. The van der Waals surface area contributed by atoms with Gasteiger partial charge in [-0.1, -0.05) is 26.2 Å². The van der Waals surface area contributed by atoms with Crippen LogP contribution in [0.2, 0.25) is 0 Å². The van der Waals surface area contributed by atoms with E-state index >= 15 is 0 Å². The molecule has 2 heteroatoms. The average molecular weight is 192 g/mol. The Hall–Kier alpha value is -1.18. The average Bonchev–Trinajstić information content (AvgIpc) is 2.18. The fraction of sp³-hybridized carbons (Fsp3) is 0.500. The molecular weight excluding hydrogens is 176 g/mol. The second-order valence-electron chi connectivity index (χ2n) is 3.58. The van der Waals surface area contributed by atoms with Gasteiger partial charge in [-0.2, -0.15) is 0 Å². The summed E-state index contributed by atoms with van der Waals surface area (Å²) in [7, 11) is 0. The van der Waals surface area contributed by atoms with Crippen LogP contribution in [-0.4, -0.2) is 11.6 Å². The third-order valence-corrected chi connectivity index (χ3v) is 2.33. The van der Waals surface area contributed by atoms with E-state index in [0.29, 0.717) is 5.57 Å². The highest BCUT2D eigenvalue weighted by Gasteiger charge is 2.11. The standard InChI is InChI=1S/C12H16O2/c1-2-3-4-5-6-10-9-11(13)7-8-12(10)14/h7-9H,2-6H2,1H3. The Balaban J connectivity index is 2.36. The molecule has 0 spiro atoms. The molecule has 0 bridgehead atoms. The van der Waals surface area contributed by atoms with E-state index in [-0.39, 0.29) is 11.6 Å². The molecule has 0 fully saturated rings. The number of hydrogen-bond acceptors (Lipinski definition) is 2. The first kappa shape index (κ1) is 10.9. The van der Waals surface area contributed by atoms with Crippen molar-refractivity contribution in [1.82, 2.24) is 0 Å². The van der Waals surface area contributed by atoms with Gasteiger partial charge in [0.25, 0.3) is 0 Å². The van der Waals surface area contributed by atoms with E-state index in [1.807, 2.05) is 0 Å². The molecule has 0 unspecified atom stereocenters. The van der Waals surface area contributed by atoms with Gasteiger partial charge in [0.15, 0.2) is 11.6 Å². The first-order valence-corrected chi connectivity index (χ1v) is 5.21. The van der Waals surface area contributed by atoms with Gasteiger partial charge in [0.1, 0.15) is 0 Å². The summed E-state index contributed by atoms with van der Waals surface area (Å²) in [6.07, 6.45) is 9.45. The minimum Gasteiger partial charge on any atom is -0.290 e. The topological polar surface area (TPSA) is 34.1 Å². The number of allylic oxidation sites excluding steroid dienone is 4. The maximum absolute atomic E-state index is 11.3. The molecule has 1 rings (SSSR count). The third-order valence-electron chi connectivity index (χ3n) is 2.33. The molecule has 0 aromatic carbocycles. The molecule has 0 aromatic heterocycles. The molecule has 0 heterocycles. The fourth-order valence-corrected chi connectivity index (χ4v) is 1.49. The summed E-state index contributed by atoms with van der Waals surface area (Å²) in [6.45, 7) is 2.15. The van der Waals surface area contributed by atoms with E-state index in [0.717, 1.165) is 19.3 Å². The van der Waals surface area contributed by atoms with Crippen LogP contribution >= 0.6 is 0 Å². The minimum absolute atomic E-state index is 0.00102. The summed E-state index contributed by atoms with van der Waals surface area (Å²) < 4.78 is 0. The number of carbonyl (C=O) groups excluding carboxylic acids is 2. The lowest BCUT2D eigenvalue weighted by molar-refractivity contribution is -0.114. The number of hydrogen-bond donors (Lipinski definition) is 0. The van der Waals surface area contributed by atoms with Crippen molar-refractivity contribution in [2.45, 2.75) is 39.0 Å². The van der Waals surface area contributed by atoms with Gasteiger partial charge in [-0.15, -0.1) is 0 Å². The van der Waals surface area contributed by atoms with E-state index in [1.165, 1.54) is 31.1 Å². The van der Waals surface area contributed by atoms with Crippen LogP contribution in [0.3, 0.4) is 0 Å². The minimum atomic E-state index is -0.0601. The molecule has 0 N–H and O–H groups in total. The maximum atomic E-state index is 11.3. The van der Waals surface area contributed by atoms with Gasteiger partial charge in [-0.05, 0) is 31.1 Å². The predicted molar refractivity (Wildman–Crippen MR) is 56.0 cm³/mol. The molecule has 0 radical (unpaired) electrons.